The lowest BCUT2D eigenvalue weighted by molar-refractivity contribution is -0.279. The monoisotopic (exact) mass is 544 g/mol. The molecule has 0 spiro atoms. The summed E-state index contributed by atoms with van der Waals surface area (Å²) in [6.07, 6.45) is 2.28. The number of carbonyl (C=O) groups excluding carboxylic acids is 2. The van der Waals surface area contributed by atoms with Crippen LogP contribution in [0.1, 0.15) is 16.7 Å². The molecule has 0 aromatic heterocycles. The maximum absolute atomic E-state index is 12.8. The molecule has 0 radical (unpaired) electrons. The summed E-state index contributed by atoms with van der Waals surface area (Å²) >= 11 is 0. The Balaban J connectivity index is 1.51. The van der Waals surface area contributed by atoms with Crippen LogP contribution in [0.25, 0.3) is 12.2 Å². The molecule has 4 atom stereocenters. The standard InChI is InChI=1S/C32H32O8/c1-35-26-17-13-25(14-18-26)21-37-30-27(39-28(33)19-15-23-9-5-3-6-10-23)22-38-32(36-2)31(30)40-29(34)20-16-24-11-7-4-8-12-24/h3-20,27,30-32H,21-22H2,1-2H3/b19-15+,20-16+/t27-,30+,31-,32-/m1/s1. The molecule has 0 unspecified atom stereocenters. The molecule has 40 heavy (non-hydrogen) atoms. The normalized spacial score (nSPS) is 20.9. The third-order valence-electron chi connectivity index (χ3n) is 6.16. The summed E-state index contributed by atoms with van der Waals surface area (Å²) in [5, 5.41) is 0. The largest absolute Gasteiger partial charge is 0.497 e. The van der Waals surface area contributed by atoms with Crippen molar-refractivity contribution in [1.29, 1.82) is 0 Å². The summed E-state index contributed by atoms with van der Waals surface area (Å²) in [4.78, 5) is 25.5. The highest BCUT2D eigenvalue weighted by atomic mass is 16.7. The van der Waals surface area contributed by atoms with E-state index in [2.05, 4.69) is 0 Å². The quantitative estimate of drug-likeness (QED) is 0.251. The van der Waals surface area contributed by atoms with Crippen molar-refractivity contribution in [1.82, 2.24) is 0 Å². The number of benzene rings is 3. The molecule has 0 aliphatic carbocycles. The van der Waals surface area contributed by atoms with Crippen molar-refractivity contribution < 1.29 is 38.0 Å². The lowest BCUT2D eigenvalue weighted by Crippen LogP contribution is -2.57. The van der Waals surface area contributed by atoms with Crippen LogP contribution in [0.4, 0.5) is 0 Å². The van der Waals surface area contributed by atoms with E-state index in [9.17, 15) is 9.59 Å². The third-order valence-corrected chi connectivity index (χ3v) is 6.16. The van der Waals surface area contributed by atoms with E-state index >= 15 is 0 Å². The van der Waals surface area contributed by atoms with Crippen LogP contribution < -0.4 is 4.74 Å². The smallest absolute Gasteiger partial charge is 0.331 e. The van der Waals surface area contributed by atoms with Gasteiger partial charge in [0.1, 0.15) is 11.9 Å². The Kier molecular flexibility index (Phi) is 10.6. The molecule has 8 nitrogen and oxygen atoms in total. The highest BCUT2D eigenvalue weighted by Crippen LogP contribution is 2.26. The number of ether oxygens (including phenoxy) is 6. The van der Waals surface area contributed by atoms with Crippen molar-refractivity contribution in [3.63, 3.8) is 0 Å². The van der Waals surface area contributed by atoms with Gasteiger partial charge in [0.25, 0.3) is 0 Å². The molecule has 4 rings (SSSR count). The molecule has 1 fully saturated rings. The minimum Gasteiger partial charge on any atom is -0.497 e. The van der Waals surface area contributed by atoms with Gasteiger partial charge in [-0.25, -0.2) is 9.59 Å². The first kappa shape index (κ1) is 28.8. The van der Waals surface area contributed by atoms with Gasteiger partial charge >= 0.3 is 11.9 Å². The topological polar surface area (TPSA) is 89.5 Å². The minimum atomic E-state index is -1.01. The first-order valence-corrected chi connectivity index (χ1v) is 12.8. The van der Waals surface area contributed by atoms with Crippen molar-refractivity contribution in [3.8, 4) is 5.75 Å². The summed E-state index contributed by atoms with van der Waals surface area (Å²) in [5.74, 6) is -0.489. The average Bonchev–Trinajstić information content (AvgIpc) is 3.00. The summed E-state index contributed by atoms with van der Waals surface area (Å²) in [7, 11) is 3.04. The van der Waals surface area contributed by atoms with E-state index in [-0.39, 0.29) is 13.2 Å². The lowest BCUT2D eigenvalue weighted by atomic mass is 10.0. The van der Waals surface area contributed by atoms with Gasteiger partial charge in [0, 0.05) is 19.3 Å². The Morgan fingerprint density at radius 2 is 1.35 bits per heavy atom. The van der Waals surface area contributed by atoms with Crippen LogP contribution in [0.3, 0.4) is 0 Å². The number of esters is 2. The second-order valence-corrected chi connectivity index (χ2v) is 8.93. The highest BCUT2D eigenvalue weighted by molar-refractivity contribution is 5.88. The van der Waals surface area contributed by atoms with Gasteiger partial charge in [0.05, 0.1) is 20.3 Å². The van der Waals surface area contributed by atoms with Crippen LogP contribution in [0.15, 0.2) is 97.1 Å². The van der Waals surface area contributed by atoms with E-state index in [4.69, 9.17) is 28.4 Å². The molecule has 0 amide bonds. The molecular formula is C32H32O8. The van der Waals surface area contributed by atoms with Gasteiger partial charge < -0.3 is 28.4 Å². The van der Waals surface area contributed by atoms with E-state index in [0.29, 0.717) is 5.75 Å². The van der Waals surface area contributed by atoms with Gasteiger partial charge in [-0.05, 0) is 41.0 Å². The molecule has 1 saturated heterocycles. The van der Waals surface area contributed by atoms with E-state index in [1.807, 2.05) is 84.9 Å². The fraction of sp³-hybridized carbons (Fsp3) is 0.250. The number of carbonyl (C=O) groups is 2. The maximum Gasteiger partial charge on any atom is 0.331 e. The van der Waals surface area contributed by atoms with Crippen molar-refractivity contribution in [2.45, 2.75) is 31.2 Å². The minimum absolute atomic E-state index is 0.00932. The summed E-state index contributed by atoms with van der Waals surface area (Å²) < 4.78 is 34.2. The van der Waals surface area contributed by atoms with Gasteiger partial charge in [-0.15, -0.1) is 0 Å². The predicted octanol–water partition coefficient (Wildman–Crippen LogP) is 4.83. The fourth-order valence-corrected chi connectivity index (χ4v) is 4.11. The average molecular weight is 545 g/mol. The zero-order valence-electron chi connectivity index (χ0n) is 22.4. The molecule has 208 valence electrons. The van der Waals surface area contributed by atoms with E-state index in [1.165, 1.54) is 19.3 Å². The van der Waals surface area contributed by atoms with Gasteiger partial charge in [0.2, 0.25) is 0 Å². The van der Waals surface area contributed by atoms with Crippen LogP contribution >= 0.6 is 0 Å². The molecule has 0 N–H and O–H groups in total. The Hall–Kier alpha value is -4.24. The van der Waals surface area contributed by atoms with Crippen LogP contribution in [-0.4, -0.2) is 57.4 Å². The molecule has 8 heteroatoms. The lowest BCUT2D eigenvalue weighted by Gasteiger charge is -2.40. The first-order valence-electron chi connectivity index (χ1n) is 12.8. The van der Waals surface area contributed by atoms with Crippen LogP contribution in [0, 0.1) is 0 Å². The zero-order valence-corrected chi connectivity index (χ0v) is 22.4. The fourth-order valence-electron chi connectivity index (χ4n) is 4.11. The Morgan fingerprint density at radius 3 is 1.90 bits per heavy atom. The summed E-state index contributed by atoms with van der Waals surface area (Å²) in [6.45, 7) is 0.150. The summed E-state index contributed by atoms with van der Waals surface area (Å²) in [5.41, 5.74) is 2.54. The first-order chi connectivity index (χ1) is 19.6. The Morgan fingerprint density at radius 1 is 0.775 bits per heavy atom. The van der Waals surface area contributed by atoms with E-state index in [0.717, 1.165) is 16.7 Å². The molecular weight excluding hydrogens is 512 g/mol. The molecule has 3 aromatic rings. The third kappa shape index (κ3) is 8.38. The molecule has 0 bridgehead atoms. The SMILES string of the molecule is COc1ccc(CO[C@@H]2[C@@H](OC(=O)/C=C/c3ccccc3)[C@H](OC)OC[C@H]2OC(=O)/C=C/c2ccccc2)cc1. The van der Waals surface area contributed by atoms with Crippen molar-refractivity contribution in [3.05, 3.63) is 114 Å². The molecule has 3 aromatic carbocycles. The van der Waals surface area contributed by atoms with Crippen molar-refractivity contribution >= 4 is 24.1 Å². The van der Waals surface area contributed by atoms with Crippen LogP contribution in [0.5, 0.6) is 5.75 Å². The van der Waals surface area contributed by atoms with Gasteiger partial charge in [-0.1, -0.05) is 72.8 Å². The number of rotatable bonds is 11. The molecule has 1 aliphatic rings. The van der Waals surface area contributed by atoms with Crippen molar-refractivity contribution in [2.24, 2.45) is 0 Å². The van der Waals surface area contributed by atoms with Crippen LogP contribution in [0.2, 0.25) is 0 Å². The maximum atomic E-state index is 12.8. The second-order valence-electron chi connectivity index (χ2n) is 8.93. The summed E-state index contributed by atoms with van der Waals surface area (Å²) in [6, 6.07) is 26.1. The van der Waals surface area contributed by atoms with Gasteiger partial charge in [-0.3, -0.25) is 0 Å². The predicted molar refractivity (Wildman–Crippen MR) is 149 cm³/mol. The number of hydrogen-bond acceptors (Lipinski definition) is 8. The van der Waals surface area contributed by atoms with E-state index < -0.39 is 36.5 Å². The highest BCUT2D eigenvalue weighted by Gasteiger charge is 2.46. The molecule has 1 aliphatic heterocycles. The number of methoxy groups -OCH3 is 2. The molecule has 0 saturated carbocycles. The Labute approximate surface area is 233 Å². The van der Waals surface area contributed by atoms with Crippen molar-refractivity contribution in [2.75, 3.05) is 20.8 Å². The van der Waals surface area contributed by atoms with Crippen LogP contribution in [-0.2, 0) is 39.9 Å². The zero-order chi connectivity index (χ0) is 28.2. The Bertz CT molecular complexity index is 1270. The number of hydrogen-bond donors (Lipinski definition) is 0. The second kappa shape index (κ2) is 14.8. The molecule has 1 heterocycles. The van der Waals surface area contributed by atoms with Gasteiger partial charge in [0.15, 0.2) is 18.5 Å². The van der Waals surface area contributed by atoms with Gasteiger partial charge in [-0.2, -0.15) is 0 Å². The van der Waals surface area contributed by atoms with E-state index in [1.54, 1.807) is 19.3 Å².